The first-order valence-electron chi connectivity index (χ1n) is 6.65. The highest BCUT2D eigenvalue weighted by Gasteiger charge is 2.52. The molecule has 6 nitrogen and oxygen atoms in total. The van der Waals surface area contributed by atoms with Gasteiger partial charge in [-0.25, -0.2) is 0 Å². The Morgan fingerprint density at radius 2 is 1.70 bits per heavy atom. The molecule has 2 aliphatic rings. The fourth-order valence-electron chi connectivity index (χ4n) is 2.52. The summed E-state index contributed by atoms with van der Waals surface area (Å²) < 4.78 is 22.5. The topological polar surface area (TPSA) is 77.4 Å². The van der Waals surface area contributed by atoms with Crippen LogP contribution < -0.4 is 0 Å². The van der Waals surface area contributed by atoms with Crippen molar-refractivity contribution in [2.75, 3.05) is 6.61 Å². The van der Waals surface area contributed by atoms with E-state index < -0.39 is 42.1 Å². The van der Waals surface area contributed by atoms with E-state index in [0.29, 0.717) is 0 Å². The van der Waals surface area contributed by atoms with Crippen LogP contribution in [0.3, 0.4) is 0 Å². The van der Waals surface area contributed by atoms with Crippen LogP contribution in [0.4, 0.5) is 0 Å². The van der Waals surface area contributed by atoms with Gasteiger partial charge in [0, 0.05) is 0 Å². The van der Waals surface area contributed by atoms with Gasteiger partial charge >= 0.3 is 0 Å². The lowest BCUT2D eigenvalue weighted by atomic mass is 9.98. The number of aliphatic hydroxyl groups is 2. The van der Waals surface area contributed by atoms with Crippen molar-refractivity contribution in [1.29, 1.82) is 0 Å². The van der Waals surface area contributed by atoms with Crippen LogP contribution in [-0.4, -0.2) is 58.9 Å². The Morgan fingerprint density at radius 1 is 1.10 bits per heavy atom. The molecule has 0 aromatic rings. The Morgan fingerprint density at radius 3 is 2.30 bits per heavy atom. The Bertz CT molecular complexity index is 399. The van der Waals surface area contributed by atoms with E-state index in [1.165, 1.54) is 0 Å². The number of aliphatic hydroxyl groups excluding tert-OH is 2. The normalized spacial score (nSPS) is 41.0. The van der Waals surface area contributed by atoms with Crippen LogP contribution in [0.25, 0.3) is 0 Å². The van der Waals surface area contributed by atoms with E-state index in [9.17, 15) is 10.2 Å². The molecule has 2 fully saturated rings. The quantitative estimate of drug-likeness (QED) is 0.697. The predicted octanol–water partition coefficient (Wildman–Crippen LogP) is 0.0130. The summed E-state index contributed by atoms with van der Waals surface area (Å²) in [7, 11) is 0. The van der Waals surface area contributed by atoms with E-state index >= 15 is 0 Å². The second-order valence-corrected chi connectivity index (χ2v) is 6.04. The molecule has 2 aliphatic heterocycles. The number of hydrogen-bond donors (Lipinski definition) is 2. The highest BCUT2D eigenvalue weighted by molar-refractivity contribution is 5.05. The van der Waals surface area contributed by atoms with Crippen LogP contribution >= 0.6 is 0 Å². The molecule has 6 heteroatoms. The van der Waals surface area contributed by atoms with Crippen molar-refractivity contribution in [3.05, 3.63) is 0 Å². The van der Waals surface area contributed by atoms with Gasteiger partial charge in [0.25, 0.3) is 0 Å². The standard InChI is InChI=1S/C14H22O6/c1-6-8(15)10-12(20-14(4,5)19-10)11-9(16)7-17-13(2,3)18-11/h1,8-12,15-16H,7H2,2-5H3/t8?,9-,10-,11-,12-/m1/s1. The Hall–Kier alpha value is -0.680. The third-order valence-corrected chi connectivity index (χ3v) is 3.37. The van der Waals surface area contributed by atoms with Gasteiger partial charge in [0.15, 0.2) is 11.6 Å². The molecule has 2 heterocycles. The maximum atomic E-state index is 10.1. The summed E-state index contributed by atoms with van der Waals surface area (Å²) in [6.45, 7) is 7.07. The van der Waals surface area contributed by atoms with Crippen molar-refractivity contribution in [3.63, 3.8) is 0 Å². The maximum absolute atomic E-state index is 10.1. The molecule has 0 aromatic carbocycles. The van der Waals surface area contributed by atoms with Gasteiger partial charge in [0.05, 0.1) is 6.61 Å². The summed E-state index contributed by atoms with van der Waals surface area (Å²) in [4.78, 5) is 0. The third-order valence-electron chi connectivity index (χ3n) is 3.37. The highest BCUT2D eigenvalue weighted by Crippen LogP contribution is 2.36. The summed E-state index contributed by atoms with van der Waals surface area (Å²) in [6.07, 6.45) is 1.12. The van der Waals surface area contributed by atoms with E-state index in [4.69, 9.17) is 25.4 Å². The molecular formula is C14H22O6. The minimum atomic E-state index is -1.14. The number of terminal acetylenes is 1. The van der Waals surface area contributed by atoms with Crippen LogP contribution in [0.15, 0.2) is 0 Å². The molecular weight excluding hydrogens is 264 g/mol. The van der Waals surface area contributed by atoms with E-state index in [-0.39, 0.29) is 6.61 Å². The zero-order valence-electron chi connectivity index (χ0n) is 12.2. The molecule has 0 saturated carbocycles. The van der Waals surface area contributed by atoms with Gasteiger partial charge in [-0.15, -0.1) is 6.42 Å². The molecule has 114 valence electrons. The van der Waals surface area contributed by atoms with E-state index in [1.54, 1.807) is 27.7 Å². The van der Waals surface area contributed by atoms with Crippen molar-refractivity contribution in [2.24, 2.45) is 0 Å². The van der Waals surface area contributed by atoms with Gasteiger partial charge in [-0.05, 0) is 27.7 Å². The van der Waals surface area contributed by atoms with Gasteiger partial charge in [0.2, 0.25) is 0 Å². The summed E-state index contributed by atoms with van der Waals surface area (Å²) in [6, 6.07) is 0. The number of ether oxygens (including phenoxy) is 4. The van der Waals surface area contributed by atoms with Crippen LogP contribution in [0, 0.1) is 12.3 Å². The molecule has 0 spiro atoms. The first-order chi connectivity index (χ1) is 9.15. The molecule has 0 amide bonds. The number of hydrogen-bond acceptors (Lipinski definition) is 6. The highest BCUT2D eigenvalue weighted by atomic mass is 16.8. The largest absolute Gasteiger partial charge is 0.388 e. The third kappa shape index (κ3) is 3.14. The van der Waals surface area contributed by atoms with Crippen molar-refractivity contribution >= 4 is 0 Å². The average molecular weight is 286 g/mol. The minimum Gasteiger partial charge on any atom is -0.388 e. The first kappa shape index (κ1) is 15.7. The Balaban J connectivity index is 2.22. The zero-order chi connectivity index (χ0) is 15.1. The van der Waals surface area contributed by atoms with Crippen molar-refractivity contribution in [3.8, 4) is 12.3 Å². The van der Waals surface area contributed by atoms with Gasteiger partial charge < -0.3 is 29.2 Å². The van der Waals surface area contributed by atoms with E-state index in [0.717, 1.165) is 0 Å². The summed E-state index contributed by atoms with van der Waals surface area (Å²) in [5.74, 6) is 0.486. The first-order valence-corrected chi connectivity index (χ1v) is 6.65. The SMILES string of the molecule is C#CC(O)[C@H]1OC(C)(C)O[C@H]1[C@@H]1OC(C)(C)OC[C@H]1O. The number of rotatable bonds is 2. The minimum absolute atomic E-state index is 0.122. The molecule has 1 unspecified atom stereocenters. The molecule has 2 N–H and O–H groups in total. The van der Waals surface area contributed by atoms with Crippen molar-refractivity contribution < 1.29 is 29.2 Å². The van der Waals surface area contributed by atoms with Crippen molar-refractivity contribution in [2.45, 2.75) is 69.8 Å². The van der Waals surface area contributed by atoms with Gasteiger partial charge in [0.1, 0.15) is 30.5 Å². The second kappa shape index (κ2) is 5.26. The fourth-order valence-corrected chi connectivity index (χ4v) is 2.52. The molecule has 0 aliphatic carbocycles. The van der Waals surface area contributed by atoms with E-state index in [2.05, 4.69) is 5.92 Å². The summed E-state index contributed by atoms with van der Waals surface area (Å²) in [5, 5.41) is 20.0. The monoisotopic (exact) mass is 286 g/mol. The molecule has 2 rings (SSSR count). The van der Waals surface area contributed by atoms with Gasteiger partial charge in [-0.1, -0.05) is 5.92 Å². The van der Waals surface area contributed by atoms with Crippen LogP contribution in [0.5, 0.6) is 0 Å². The van der Waals surface area contributed by atoms with Gasteiger partial charge in [-0.3, -0.25) is 0 Å². The second-order valence-electron chi connectivity index (χ2n) is 6.04. The fraction of sp³-hybridized carbons (Fsp3) is 0.857. The molecule has 2 saturated heterocycles. The van der Waals surface area contributed by atoms with Crippen LogP contribution in [0.1, 0.15) is 27.7 Å². The smallest absolute Gasteiger partial charge is 0.164 e. The molecule has 0 aromatic heterocycles. The predicted molar refractivity (Wildman–Crippen MR) is 69.6 cm³/mol. The zero-order valence-corrected chi connectivity index (χ0v) is 12.2. The maximum Gasteiger partial charge on any atom is 0.164 e. The Kier molecular flexibility index (Phi) is 4.13. The lowest BCUT2D eigenvalue weighted by Gasteiger charge is -2.42. The van der Waals surface area contributed by atoms with Crippen molar-refractivity contribution in [1.82, 2.24) is 0 Å². The van der Waals surface area contributed by atoms with E-state index in [1.807, 2.05) is 0 Å². The lowest BCUT2D eigenvalue weighted by molar-refractivity contribution is -0.323. The van der Waals surface area contributed by atoms with Crippen LogP contribution in [-0.2, 0) is 18.9 Å². The Labute approximate surface area is 119 Å². The molecule has 0 radical (unpaired) electrons. The molecule has 20 heavy (non-hydrogen) atoms. The lowest BCUT2D eigenvalue weighted by Crippen LogP contribution is -2.57. The summed E-state index contributed by atoms with van der Waals surface area (Å²) >= 11 is 0. The molecule has 0 bridgehead atoms. The van der Waals surface area contributed by atoms with Crippen LogP contribution in [0.2, 0.25) is 0 Å². The average Bonchev–Trinajstić information content (AvgIpc) is 2.67. The van der Waals surface area contributed by atoms with Gasteiger partial charge in [-0.2, -0.15) is 0 Å². The summed E-state index contributed by atoms with van der Waals surface area (Å²) in [5.41, 5.74) is 0. The molecule has 5 atom stereocenters.